The molecule has 20 heavy (non-hydrogen) atoms. The molecule has 0 radical (unpaired) electrons. The molecule has 1 aromatic rings. The van der Waals surface area contributed by atoms with E-state index in [2.05, 4.69) is 9.71 Å². The average molecular weight is 341 g/mol. The first kappa shape index (κ1) is 17.5. The third-order valence-electron chi connectivity index (χ3n) is 3.41. The summed E-state index contributed by atoms with van der Waals surface area (Å²) in [6.45, 7) is 0.469. The van der Waals surface area contributed by atoms with Gasteiger partial charge in [0.1, 0.15) is 10.7 Å². The molecule has 1 heterocycles. The molecule has 0 spiro atoms. The molecule has 2 rings (SSSR count). The monoisotopic (exact) mass is 340 g/mol. The second-order valence-electron chi connectivity index (χ2n) is 4.69. The van der Waals surface area contributed by atoms with Crippen molar-refractivity contribution in [1.82, 2.24) is 9.71 Å². The SMILES string of the molecule is Cl.NCC1CCCC1NS(=O)(=O)c1cc(Cl)cnc1N. The summed E-state index contributed by atoms with van der Waals surface area (Å²) in [4.78, 5) is 3.68. The molecule has 5 N–H and O–H groups in total. The van der Waals surface area contributed by atoms with E-state index in [1.807, 2.05) is 0 Å². The van der Waals surface area contributed by atoms with E-state index in [0.717, 1.165) is 19.3 Å². The Morgan fingerprint density at radius 1 is 1.45 bits per heavy atom. The average Bonchev–Trinajstić information content (AvgIpc) is 2.78. The Morgan fingerprint density at radius 2 is 2.15 bits per heavy atom. The van der Waals surface area contributed by atoms with Gasteiger partial charge in [0.05, 0.1) is 5.02 Å². The van der Waals surface area contributed by atoms with Gasteiger partial charge in [-0.2, -0.15) is 0 Å². The first-order valence-corrected chi connectivity index (χ1v) is 7.93. The van der Waals surface area contributed by atoms with Crippen molar-refractivity contribution in [3.8, 4) is 0 Å². The van der Waals surface area contributed by atoms with Crippen LogP contribution in [0.1, 0.15) is 19.3 Å². The van der Waals surface area contributed by atoms with E-state index in [9.17, 15) is 8.42 Å². The van der Waals surface area contributed by atoms with Gasteiger partial charge in [0.2, 0.25) is 10.0 Å². The van der Waals surface area contributed by atoms with Crippen LogP contribution in [0, 0.1) is 5.92 Å². The molecular weight excluding hydrogens is 323 g/mol. The van der Waals surface area contributed by atoms with E-state index >= 15 is 0 Å². The van der Waals surface area contributed by atoms with Crippen LogP contribution < -0.4 is 16.2 Å². The highest BCUT2D eigenvalue weighted by atomic mass is 35.5. The lowest BCUT2D eigenvalue weighted by Gasteiger charge is -2.19. The van der Waals surface area contributed by atoms with Gasteiger partial charge in [-0.1, -0.05) is 18.0 Å². The Hall–Kier alpha value is -0.600. The van der Waals surface area contributed by atoms with E-state index in [1.165, 1.54) is 12.3 Å². The first-order chi connectivity index (χ1) is 8.94. The summed E-state index contributed by atoms with van der Waals surface area (Å²) in [7, 11) is -3.72. The van der Waals surface area contributed by atoms with Crippen LogP contribution >= 0.6 is 24.0 Å². The fourth-order valence-electron chi connectivity index (χ4n) is 2.38. The summed E-state index contributed by atoms with van der Waals surface area (Å²) in [5.74, 6) is 0.113. The molecule has 0 bridgehead atoms. The summed E-state index contributed by atoms with van der Waals surface area (Å²) in [6, 6.07) is 1.16. The van der Waals surface area contributed by atoms with Gasteiger partial charge >= 0.3 is 0 Å². The number of pyridine rings is 1. The summed E-state index contributed by atoms with van der Waals surface area (Å²) >= 11 is 5.77. The molecule has 114 valence electrons. The van der Waals surface area contributed by atoms with Gasteiger partial charge in [-0.05, 0) is 31.4 Å². The lowest BCUT2D eigenvalue weighted by Crippen LogP contribution is -2.40. The summed E-state index contributed by atoms with van der Waals surface area (Å²) in [5, 5.41) is 0.233. The fourth-order valence-corrected chi connectivity index (χ4v) is 4.05. The maximum atomic E-state index is 12.3. The zero-order valence-electron chi connectivity index (χ0n) is 10.8. The number of nitrogens with zero attached hydrogens (tertiary/aromatic N) is 1. The molecule has 2 atom stereocenters. The Labute approximate surface area is 129 Å². The van der Waals surface area contributed by atoms with Gasteiger partial charge in [0.25, 0.3) is 0 Å². The number of hydrogen-bond acceptors (Lipinski definition) is 5. The largest absolute Gasteiger partial charge is 0.383 e. The van der Waals surface area contributed by atoms with Crippen molar-refractivity contribution in [2.24, 2.45) is 11.7 Å². The molecule has 0 saturated heterocycles. The van der Waals surface area contributed by atoms with Crippen LogP contribution in [-0.4, -0.2) is 26.0 Å². The predicted molar refractivity (Wildman–Crippen MR) is 81.4 cm³/mol. The molecule has 1 fully saturated rings. The number of nitrogen functional groups attached to an aromatic ring is 1. The molecule has 6 nitrogen and oxygen atoms in total. The molecule has 1 aromatic heterocycles. The quantitative estimate of drug-likeness (QED) is 0.761. The number of nitrogens with two attached hydrogens (primary N) is 2. The standard InChI is InChI=1S/C11H17ClN4O2S.ClH/c12-8-4-10(11(14)15-6-8)19(17,18)16-9-3-1-2-7(9)5-13;/h4,6-7,9,16H,1-3,5,13H2,(H2,14,15);1H. The maximum absolute atomic E-state index is 12.3. The fraction of sp³-hybridized carbons (Fsp3) is 0.545. The number of sulfonamides is 1. The second-order valence-corrected chi connectivity index (χ2v) is 6.81. The minimum Gasteiger partial charge on any atom is -0.383 e. The normalized spacial score (nSPS) is 22.5. The topological polar surface area (TPSA) is 111 Å². The minimum atomic E-state index is -3.72. The van der Waals surface area contributed by atoms with Crippen molar-refractivity contribution in [1.29, 1.82) is 0 Å². The Bertz CT molecular complexity index is 568. The van der Waals surface area contributed by atoms with Crippen LogP contribution in [0.4, 0.5) is 5.82 Å². The van der Waals surface area contributed by atoms with Crippen LogP contribution in [0.3, 0.4) is 0 Å². The van der Waals surface area contributed by atoms with Crippen LogP contribution in [0.25, 0.3) is 0 Å². The Morgan fingerprint density at radius 3 is 2.80 bits per heavy atom. The molecule has 1 aliphatic rings. The van der Waals surface area contributed by atoms with Gasteiger partial charge < -0.3 is 11.5 Å². The molecule has 0 aliphatic heterocycles. The Kier molecular flexibility index (Phi) is 6.03. The van der Waals surface area contributed by atoms with Gasteiger partial charge in [0, 0.05) is 12.2 Å². The lowest BCUT2D eigenvalue weighted by atomic mass is 10.1. The molecule has 0 aromatic carbocycles. The van der Waals surface area contributed by atoms with E-state index < -0.39 is 10.0 Å². The zero-order chi connectivity index (χ0) is 14.0. The van der Waals surface area contributed by atoms with E-state index in [0.29, 0.717) is 6.54 Å². The molecule has 2 unspecified atom stereocenters. The summed E-state index contributed by atoms with van der Waals surface area (Å²) in [6.07, 6.45) is 4.01. The number of aromatic nitrogens is 1. The van der Waals surface area contributed by atoms with Crippen molar-refractivity contribution in [2.45, 2.75) is 30.2 Å². The van der Waals surface area contributed by atoms with E-state index in [-0.39, 0.29) is 40.1 Å². The number of anilines is 1. The van der Waals surface area contributed by atoms with Crippen molar-refractivity contribution >= 4 is 39.8 Å². The number of halogens is 2. The number of rotatable bonds is 4. The van der Waals surface area contributed by atoms with E-state index in [4.69, 9.17) is 23.1 Å². The van der Waals surface area contributed by atoms with Gasteiger partial charge in [-0.3, -0.25) is 0 Å². The van der Waals surface area contributed by atoms with Crippen molar-refractivity contribution in [2.75, 3.05) is 12.3 Å². The third-order valence-corrected chi connectivity index (χ3v) is 5.13. The number of nitrogens with one attached hydrogen (secondary N) is 1. The smallest absolute Gasteiger partial charge is 0.244 e. The first-order valence-electron chi connectivity index (χ1n) is 6.07. The third kappa shape index (κ3) is 3.73. The number of hydrogen-bond donors (Lipinski definition) is 3. The predicted octanol–water partition coefficient (Wildman–Crippen LogP) is 1.14. The van der Waals surface area contributed by atoms with Crippen LogP contribution in [-0.2, 0) is 10.0 Å². The molecule has 1 aliphatic carbocycles. The maximum Gasteiger partial charge on any atom is 0.244 e. The van der Waals surface area contributed by atoms with Gasteiger partial charge in [-0.25, -0.2) is 18.1 Å². The van der Waals surface area contributed by atoms with Gasteiger partial charge in [-0.15, -0.1) is 12.4 Å². The highest BCUT2D eigenvalue weighted by Gasteiger charge is 2.31. The molecule has 0 amide bonds. The lowest BCUT2D eigenvalue weighted by molar-refractivity contribution is 0.453. The van der Waals surface area contributed by atoms with Gasteiger partial charge in [0.15, 0.2) is 0 Å². The Balaban J connectivity index is 0.00000200. The molecular formula is C11H18Cl2N4O2S. The summed E-state index contributed by atoms with van der Waals surface area (Å²) in [5.41, 5.74) is 11.2. The van der Waals surface area contributed by atoms with Crippen molar-refractivity contribution in [3.05, 3.63) is 17.3 Å². The zero-order valence-corrected chi connectivity index (χ0v) is 13.1. The van der Waals surface area contributed by atoms with Crippen molar-refractivity contribution in [3.63, 3.8) is 0 Å². The summed E-state index contributed by atoms with van der Waals surface area (Å²) < 4.78 is 27.2. The minimum absolute atomic E-state index is 0. The van der Waals surface area contributed by atoms with E-state index in [1.54, 1.807) is 0 Å². The second kappa shape index (κ2) is 6.91. The molecule has 1 saturated carbocycles. The van der Waals surface area contributed by atoms with Crippen LogP contribution in [0.15, 0.2) is 17.2 Å². The molecule has 9 heteroatoms. The van der Waals surface area contributed by atoms with Crippen LogP contribution in [0.5, 0.6) is 0 Å². The van der Waals surface area contributed by atoms with Crippen LogP contribution in [0.2, 0.25) is 5.02 Å². The highest BCUT2D eigenvalue weighted by Crippen LogP contribution is 2.27. The van der Waals surface area contributed by atoms with Crippen molar-refractivity contribution < 1.29 is 8.42 Å². The highest BCUT2D eigenvalue weighted by molar-refractivity contribution is 7.89.